The Labute approximate surface area is 132 Å². The molecule has 0 heterocycles. The Balaban J connectivity index is 2.10. The van der Waals surface area contributed by atoms with Gasteiger partial charge in [-0.15, -0.1) is 0 Å². The van der Waals surface area contributed by atoms with Crippen molar-refractivity contribution in [3.05, 3.63) is 74.8 Å². The summed E-state index contributed by atoms with van der Waals surface area (Å²) in [5.74, 6) is -0.362. The first kappa shape index (κ1) is 15.7. The number of hydrogen-bond donors (Lipinski definition) is 1. The molecule has 0 aromatic heterocycles. The average Bonchev–Trinajstić information content (AvgIpc) is 2.48. The van der Waals surface area contributed by atoms with Crippen LogP contribution in [0.25, 0.3) is 6.08 Å². The first-order chi connectivity index (χ1) is 10.5. The Morgan fingerprint density at radius 3 is 2.55 bits per heavy atom. The van der Waals surface area contributed by atoms with Gasteiger partial charge in [-0.3, -0.25) is 14.9 Å². The van der Waals surface area contributed by atoms with Crippen LogP contribution < -0.4 is 5.32 Å². The highest BCUT2D eigenvalue weighted by atomic mass is 35.5. The third-order valence-electron chi connectivity index (χ3n) is 2.99. The SMILES string of the molecule is Cc1ccc([N+](=O)[O-])cc1NC(=O)/C=C/c1ccc(Cl)cc1. The number of nitro groups is 1. The van der Waals surface area contributed by atoms with Crippen molar-refractivity contribution in [2.75, 3.05) is 5.32 Å². The Bertz CT molecular complexity index is 740. The van der Waals surface area contributed by atoms with Crippen molar-refractivity contribution in [1.82, 2.24) is 0 Å². The molecule has 0 spiro atoms. The molecule has 1 N–H and O–H groups in total. The van der Waals surface area contributed by atoms with Crippen LogP contribution in [0, 0.1) is 17.0 Å². The van der Waals surface area contributed by atoms with Crippen LogP contribution in [0.2, 0.25) is 5.02 Å². The van der Waals surface area contributed by atoms with Crippen LogP contribution in [0.1, 0.15) is 11.1 Å². The van der Waals surface area contributed by atoms with Gasteiger partial charge in [-0.2, -0.15) is 0 Å². The fourth-order valence-electron chi connectivity index (χ4n) is 1.78. The van der Waals surface area contributed by atoms with Crippen LogP contribution in [-0.4, -0.2) is 10.8 Å². The number of rotatable bonds is 4. The molecule has 1 amide bonds. The van der Waals surface area contributed by atoms with E-state index >= 15 is 0 Å². The number of benzene rings is 2. The van der Waals surface area contributed by atoms with E-state index < -0.39 is 4.92 Å². The van der Waals surface area contributed by atoms with Crippen molar-refractivity contribution in [2.45, 2.75) is 6.92 Å². The lowest BCUT2D eigenvalue weighted by Crippen LogP contribution is -2.09. The largest absolute Gasteiger partial charge is 0.322 e. The van der Waals surface area contributed by atoms with E-state index in [-0.39, 0.29) is 11.6 Å². The molecule has 2 rings (SSSR count). The number of anilines is 1. The first-order valence-electron chi connectivity index (χ1n) is 6.45. The average molecular weight is 317 g/mol. The molecule has 0 aliphatic heterocycles. The molecule has 0 bridgehead atoms. The summed E-state index contributed by atoms with van der Waals surface area (Å²) in [5, 5.41) is 14.0. The molecule has 0 atom stereocenters. The molecule has 2 aromatic rings. The number of carbonyl (C=O) groups excluding carboxylic acids is 1. The maximum Gasteiger partial charge on any atom is 0.271 e. The second-order valence-corrected chi connectivity index (χ2v) is 5.07. The van der Waals surface area contributed by atoms with Gasteiger partial charge < -0.3 is 5.32 Å². The van der Waals surface area contributed by atoms with Gasteiger partial charge in [0.1, 0.15) is 0 Å². The van der Waals surface area contributed by atoms with E-state index in [0.717, 1.165) is 11.1 Å². The minimum absolute atomic E-state index is 0.0671. The van der Waals surface area contributed by atoms with Crippen molar-refractivity contribution in [2.24, 2.45) is 0 Å². The number of amides is 1. The summed E-state index contributed by atoms with van der Waals surface area (Å²) in [7, 11) is 0. The molecule has 0 aliphatic carbocycles. The predicted molar refractivity (Wildman–Crippen MR) is 86.9 cm³/mol. The van der Waals surface area contributed by atoms with Gasteiger partial charge in [0.25, 0.3) is 5.69 Å². The maximum absolute atomic E-state index is 11.9. The van der Waals surface area contributed by atoms with Crippen LogP contribution in [-0.2, 0) is 4.79 Å². The molecule has 0 aliphatic rings. The van der Waals surface area contributed by atoms with E-state index in [4.69, 9.17) is 11.6 Å². The highest BCUT2D eigenvalue weighted by Gasteiger charge is 2.09. The zero-order valence-electron chi connectivity index (χ0n) is 11.7. The van der Waals surface area contributed by atoms with Gasteiger partial charge in [-0.1, -0.05) is 29.8 Å². The number of halogens is 1. The topological polar surface area (TPSA) is 72.2 Å². The molecule has 22 heavy (non-hydrogen) atoms. The number of nitrogens with zero attached hydrogens (tertiary/aromatic N) is 1. The van der Waals surface area contributed by atoms with E-state index in [1.807, 2.05) is 0 Å². The Hall–Kier alpha value is -2.66. The smallest absolute Gasteiger partial charge is 0.271 e. The normalized spacial score (nSPS) is 10.6. The van der Waals surface area contributed by atoms with Crippen molar-refractivity contribution in [3.63, 3.8) is 0 Å². The van der Waals surface area contributed by atoms with E-state index in [9.17, 15) is 14.9 Å². The molecule has 0 unspecified atom stereocenters. The van der Waals surface area contributed by atoms with Crippen molar-refractivity contribution >= 4 is 35.0 Å². The highest BCUT2D eigenvalue weighted by Crippen LogP contribution is 2.21. The summed E-state index contributed by atoms with van der Waals surface area (Å²) in [6.07, 6.45) is 3.00. The van der Waals surface area contributed by atoms with Crippen LogP contribution in [0.5, 0.6) is 0 Å². The van der Waals surface area contributed by atoms with Crippen LogP contribution in [0.3, 0.4) is 0 Å². The minimum Gasteiger partial charge on any atom is -0.322 e. The van der Waals surface area contributed by atoms with E-state index in [2.05, 4.69) is 5.32 Å². The third kappa shape index (κ3) is 4.17. The second-order valence-electron chi connectivity index (χ2n) is 4.63. The lowest BCUT2D eigenvalue weighted by molar-refractivity contribution is -0.384. The fraction of sp³-hybridized carbons (Fsp3) is 0.0625. The van der Waals surface area contributed by atoms with Gasteiger partial charge in [0.05, 0.1) is 10.6 Å². The minimum atomic E-state index is -0.501. The summed E-state index contributed by atoms with van der Waals surface area (Å²) in [6.45, 7) is 1.77. The van der Waals surface area contributed by atoms with Gasteiger partial charge in [-0.05, 0) is 36.3 Å². The summed E-state index contributed by atoms with van der Waals surface area (Å²) >= 11 is 5.78. The molecule has 6 heteroatoms. The summed E-state index contributed by atoms with van der Waals surface area (Å²) < 4.78 is 0. The molecular weight excluding hydrogens is 304 g/mol. The lowest BCUT2D eigenvalue weighted by atomic mass is 10.1. The van der Waals surface area contributed by atoms with Crippen LogP contribution >= 0.6 is 11.6 Å². The monoisotopic (exact) mass is 316 g/mol. The molecule has 5 nitrogen and oxygen atoms in total. The molecule has 112 valence electrons. The summed E-state index contributed by atoms with van der Waals surface area (Å²) in [6, 6.07) is 11.3. The molecule has 2 aromatic carbocycles. The first-order valence-corrected chi connectivity index (χ1v) is 6.83. The van der Waals surface area contributed by atoms with E-state index in [1.165, 1.54) is 18.2 Å². The van der Waals surface area contributed by atoms with Gasteiger partial charge in [0.15, 0.2) is 0 Å². The van der Waals surface area contributed by atoms with Crippen molar-refractivity contribution in [1.29, 1.82) is 0 Å². The Morgan fingerprint density at radius 1 is 1.23 bits per heavy atom. The van der Waals surface area contributed by atoms with Crippen LogP contribution in [0.15, 0.2) is 48.5 Å². The number of hydrogen-bond acceptors (Lipinski definition) is 3. The molecule has 0 radical (unpaired) electrons. The quantitative estimate of drug-likeness (QED) is 0.521. The number of carbonyl (C=O) groups is 1. The van der Waals surface area contributed by atoms with Gasteiger partial charge in [0, 0.05) is 23.2 Å². The fourth-order valence-corrected chi connectivity index (χ4v) is 1.90. The number of nitro benzene ring substituents is 1. The lowest BCUT2D eigenvalue weighted by Gasteiger charge is -2.06. The third-order valence-corrected chi connectivity index (χ3v) is 3.24. The number of nitrogens with one attached hydrogen (secondary N) is 1. The van der Waals surface area contributed by atoms with Gasteiger partial charge >= 0.3 is 0 Å². The van der Waals surface area contributed by atoms with Crippen molar-refractivity contribution < 1.29 is 9.72 Å². The molecule has 0 fully saturated rings. The molecule has 0 saturated heterocycles. The van der Waals surface area contributed by atoms with Gasteiger partial charge in [-0.25, -0.2) is 0 Å². The van der Waals surface area contributed by atoms with E-state index in [1.54, 1.807) is 43.3 Å². The standard InChI is InChI=1S/C16H13ClN2O3/c1-11-2-8-14(19(21)22)10-15(11)18-16(20)9-5-12-3-6-13(17)7-4-12/h2-10H,1H3,(H,18,20)/b9-5+. The zero-order chi connectivity index (χ0) is 16.1. The Kier molecular flexibility index (Phi) is 4.91. The van der Waals surface area contributed by atoms with Crippen molar-refractivity contribution in [3.8, 4) is 0 Å². The number of non-ortho nitro benzene ring substituents is 1. The van der Waals surface area contributed by atoms with Gasteiger partial charge in [0.2, 0.25) is 5.91 Å². The highest BCUT2D eigenvalue weighted by molar-refractivity contribution is 6.30. The molecular formula is C16H13ClN2O3. The maximum atomic E-state index is 11.9. The summed E-state index contributed by atoms with van der Waals surface area (Å²) in [4.78, 5) is 22.1. The summed E-state index contributed by atoms with van der Waals surface area (Å²) in [5.41, 5.74) is 1.93. The van der Waals surface area contributed by atoms with E-state index in [0.29, 0.717) is 10.7 Å². The molecule has 0 saturated carbocycles. The number of aryl methyl sites for hydroxylation is 1. The predicted octanol–water partition coefficient (Wildman–Crippen LogP) is 4.21. The van der Waals surface area contributed by atoms with Crippen LogP contribution in [0.4, 0.5) is 11.4 Å². The second kappa shape index (κ2) is 6.87. The zero-order valence-corrected chi connectivity index (χ0v) is 12.5. The Morgan fingerprint density at radius 2 is 1.91 bits per heavy atom.